The fourth-order valence-electron chi connectivity index (χ4n) is 2.96. The van der Waals surface area contributed by atoms with Gasteiger partial charge >= 0.3 is 0 Å². The van der Waals surface area contributed by atoms with Crippen molar-refractivity contribution in [2.24, 2.45) is 0 Å². The summed E-state index contributed by atoms with van der Waals surface area (Å²) < 4.78 is 13.1. The van der Waals surface area contributed by atoms with E-state index in [-0.39, 0.29) is 10.9 Å². The molecule has 0 atom stereocenters. The molecule has 3 rings (SSSR count). The first-order valence-corrected chi connectivity index (χ1v) is 9.27. The van der Waals surface area contributed by atoms with Gasteiger partial charge in [-0.2, -0.15) is 0 Å². The maximum atomic E-state index is 13.1. The highest BCUT2D eigenvalue weighted by Crippen LogP contribution is 2.17. The first kappa shape index (κ1) is 18.6. The van der Waals surface area contributed by atoms with E-state index < -0.39 is 5.82 Å². The lowest BCUT2D eigenvalue weighted by Crippen LogP contribution is -2.31. The van der Waals surface area contributed by atoms with Crippen LogP contribution in [-0.2, 0) is 17.8 Å². The van der Waals surface area contributed by atoms with Crippen LogP contribution in [0.2, 0.25) is 5.02 Å². The molecule has 1 aliphatic rings. The lowest BCUT2D eigenvalue weighted by atomic mass is 10.1. The molecule has 26 heavy (non-hydrogen) atoms. The van der Waals surface area contributed by atoms with Gasteiger partial charge in [-0.3, -0.25) is 4.79 Å². The average molecular weight is 377 g/mol. The summed E-state index contributed by atoms with van der Waals surface area (Å²) in [7, 11) is 0. The molecule has 1 saturated heterocycles. The van der Waals surface area contributed by atoms with E-state index in [4.69, 9.17) is 11.6 Å². The number of benzene rings is 1. The molecule has 0 spiro atoms. The minimum atomic E-state index is -0.451. The summed E-state index contributed by atoms with van der Waals surface area (Å²) in [6, 6.07) is 6.33. The van der Waals surface area contributed by atoms with E-state index in [0.29, 0.717) is 19.4 Å². The van der Waals surface area contributed by atoms with Crippen LogP contribution in [0.4, 0.5) is 10.3 Å². The first-order chi connectivity index (χ1) is 12.6. The maximum absolute atomic E-state index is 13.1. The molecule has 0 aliphatic carbocycles. The van der Waals surface area contributed by atoms with Crippen molar-refractivity contribution in [3.8, 4) is 0 Å². The number of hydrogen-bond donors (Lipinski definition) is 1. The van der Waals surface area contributed by atoms with E-state index in [2.05, 4.69) is 20.2 Å². The van der Waals surface area contributed by atoms with Gasteiger partial charge in [0.1, 0.15) is 5.82 Å². The average Bonchev–Trinajstić information content (AvgIpc) is 2.68. The number of carbonyl (C=O) groups excluding carboxylic acids is 1. The number of nitrogens with one attached hydrogen (secondary N) is 1. The molecule has 1 aliphatic heterocycles. The smallest absolute Gasteiger partial charge is 0.225 e. The van der Waals surface area contributed by atoms with Gasteiger partial charge in [0.25, 0.3) is 0 Å². The summed E-state index contributed by atoms with van der Waals surface area (Å²) in [6.45, 7) is 2.33. The summed E-state index contributed by atoms with van der Waals surface area (Å²) >= 11 is 5.76. The Morgan fingerprint density at radius 3 is 2.81 bits per heavy atom. The molecule has 2 aromatic rings. The Morgan fingerprint density at radius 1 is 1.23 bits per heavy atom. The molecule has 0 saturated carbocycles. The molecular formula is C19H22ClFN4O. The van der Waals surface area contributed by atoms with Crippen molar-refractivity contribution < 1.29 is 9.18 Å². The summed E-state index contributed by atoms with van der Waals surface area (Å²) in [5, 5.41) is 2.95. The van der Waals surface area contributed by atoms with Crippen LogP contribution >= 0.6 is 11.6 Å². The number of aromatic nitrogens is 2. The number of anilines is 1. The number of nitrogens with zero attached hydrogens (tertiary/aromatic N) is 3. The third-order valence-corrected chi connectivity index (χ3v) is 4.72. The van der Waals surface area contributed by atoms with Crippen LogP contribution in [0, 0.1) is 5.82 Å². The summed E-state index contributed by atoms with van der Waals surface area (Å²) in [5.74, 6) is 0.203. The molecule has 0 bridgehead atoms. The largest absolute Gasteiger partial charge is 0.350 e. The molecule has 2 heterocycles. The van der Waals surface area contributed by atoms with Crippen molar-refractivity contribution in [2.75, 3.05) is 18.0 Å². The van der Waals surface area contributed by atoms with E-state index in [1.54, 1.807) is 18.3 Å². The van der Waals surface area contributed by atoms with Crippen molar-refractivity contribution in [3.63, 3.8) is 0 Å². The molecule has 138 valence electrons. The number of amides is 1. The Bertz CT molecular complexity index is 765. The van der Waals surface area contributed by atoms with Crippen LogP contribution in [-0.4, -0.2) is 29.0 Å². The van der Waals surface area contributed by atoms with Gasteiger partial charge < -0.3 is 10.2 Å². The normalized spacial score (nSPS) is 14.3. The Morgan fingerprint density at radius 2 is 2.04 bits per heavy atom. The van der Waals surface area contributed by atoms with Crippen LogP contribution in [0.3, 0.4) is 0 Å². The Labute approximate surface area is 157 Å². The topological polar surface area (TPSA) is 58.1 Å². The lowest BCUT2D eigenvalue weighted by molar-refractivity contribution is -0.121. The standard InChI is InChI=1S/C19H22ClFN4O/c20-16-12-14(4-6-17(16)21)5-7-18(26)23-13-15-8-9-22-19(24-15)25-10-2-1-3-11-25/h4,6,8-9,12H,1-3,5,7,10-11,13H2,(H,23,26). The van der Waals surface area contributed by atoms with Crippen LogP contribution in [0.1, 0.15) is 36.9 Å². The number of piperidine rings is 1. The van der Waals surface area contributed by atoms with Crippen molar-refractivity contribution in [1.29, 1.82) is 0 Å². The zero-order valence-corrected chi connectivity index (χ0v) is 15.3. The van der Waals surface area contributed by atoms with E-state index in [0.717, 1.165) is 43.1 Å². The summed E-state index contributed by atoms with van der Waals surface area (Å²) in [4.78, 5) is 23.1. The van der Waals surface area contributed by atoms with Gasteiger partial charge in [0.05, 0.1) is 17.3 Å². The zero-order chi connectivity index (χ0) is 18.4. The van der Waals surface area contributed by atoms with Gasteiger partial charge in [-0.1, -0.05) is 17.7 Å². The van der Waals surface area contributed by atoms with Gasteiger partial charge in [0, 0.05) is 25.7 Å². The fourth-order valence-corrected chi connectivity index (χ4v) is 3.16. The lowest BCUT2D eigenvalue weighted by Gasteiger charge is -2.26. The fraction of sp³-hybridized carbons (Fsp3) is 0.421. The predicted molar refractivity (Wildman–Crippen MR) is 99.7 cm³/mol. The SMILES string of the molecule is O=C(CCc1ccc(F)c(Cl)c1)NCc1ccnc(N2CCCCC2)n1. The molecule has 1 fully saturated rings. The van der Waals surface area contributed by atoms with Crippen molar-refractivity contribution in [3.05, 3.63) is 52.6 Å². The molecule has 1 amide bonds. The maximum Gasteiger partial charge on any atom is 0.225 e. The second kappa shape index (κ2) is 8.94. The number of hydrogen-bond acceptors (Lipinski definition) is 4. The van der Waals surface area contributed by atoms with Gasteiger partial charge in [0.2, 0.25) is 11.9 Å². The molecule has 0 unspecified atom stereocenters. The van der Waals surface area contributed by atoms with E-state index in [1.165, 1.54) is 12.5 Å². The molecular weight excluding hydrogens is 355 g/mol. The highest BCUT2D eigenvalue weighted by Gasteiger charge is 2.13. The predicted octanol–water partition coefficient (Wildman–Crippen LogP) is 3.51. The van der Waals surface area contributed by atoms with Crippen LogP contribution < -0.4 is 10.2 Å². The van der Waals surface area contributed by atoms with Gasteiger partial charge in [-0.05, 0) is 49.4 Å². The van der Waals surface area contributed by atoms with Crippen LogP contribution in [0.15, 0.2) is 30.5 Å². The monoisotopic (exact) mass is 376 g/mol. The molecule has 1 aromatic heterocycles. The first-order valence-electron chi connectivity index (χ1n) is 8.89. The van der Waals surface area contributed by atoms with Gasteiger partial charge in [-0.25, -0.2) is 14.4 Å². The van der Waals surface area contributed by atoms with Crippen LogP contribution in [0.25, 0.3) is 0 Å². The molecule has 1 N–H and O–H groups in total. The van der Waals surface area contributed by atoms with Crippen molar-refractivity contribution in [2.45, 2.75) is 38.6 Å². The highest BCUT2D eigenvalue weighted by atomic mass is 35.5. The molecule has 7 heteroatoms. The third kappa shape index (κ3) is 5.14. The summed E-state index contributed by atoms with van der Waals surface area (Å²) in [6.07, 6.45) is 6.14. The number of aryl methyl sites for hydroxylation is 1. The minimum Gasteiger partial charge on any atom is -0.350 e. The van der Waals surface area contributed by atoms with E-state index in [1.807, 2.05) is 6.07 Å². The minimum absolute atomic E-state index is 0.0779. The number of carbonyl (C=O) groups is 1. The Balaban J connectivity index is 1.48. The molecule has 1 aromatic carbocycles. The van der Waals surface area contributed by atoms with Gasteiger partial charge in [-0.15, -0.1) is 0 Å². The molecule has 5 nitrogen and oxygen atoms in total. The second-order valence-electron chi connectivity index (χ2n) is 6.42. The van der Waals surface area contributed by atoms with E-state index in [9.17, 15) is 9.18 Å². The van der Waals surface area contributed by atoms with Gasteiger partial charge in [0.15, 0.2) is 0 Å². The third-order valence-electron chi connectivity index (χ3n) is 4.43. The van der Waals surface area contributed by atoms with Crippen molar-refractivity contribution in [1.82, 2.24) is 15.3 Å². The van der Waals surface area contributed by atoms with E-state index >= 15 is 0 Å². The summed E-state index contributed by atoms with van der Waals surface area (Å²) in [5.41, 5.74) is 1.62. The number of halogens is 2. The Kier molecular flexibility index (Phi) is 6.39. The quantitative estimate of drug-likeness (QED) is 0.838. The van der Waals surface area contributed by atoms with Crippen LogP contribution in [0.5, 0.6) is 0 Å². The molecule has 0 radical (unpaired) electrons. The zero-order valence-electron chi connectivity index (χ0n) is 14.5. The highest BCUT2D eigenvalue weighted by molar-refractivity contribution is 6.30. The number of rotatable bonds is 6. The van der Waals surface area contributed by atoms with Crippen molar-refractivity contribution >= 4 is 23.5 Å². The second-order valence-corrected chi connectivity index (χ2v) is 6.83. The Hall–Kier alpha value is -2.21.